The van der Waals surface area contributed by atoms with Gasteiger partial charge in [-0.25, -0.2) is 14.6 Å². The van der Waals surface area contributed by atoms with Crippen LogP contribution in [0.15, 0.2) is 38.9 Å². The van der Waals surface area contributed by atoms with Crippen molar-refractivity contribution in [3.05, 3.63) is 55.4 Å². The Bertz CT molecular complexity index is 2240. The van der Waals surface area contributed by atoms with Crippen LogP contribution in [0, 0.1) is 0 Å². The number of oxime groups is 1. The van der Waals surface area contributed by atoms with Crippen LogP contribution >= 0.6 is 34.7 Å². The van der Waals surface area contributed by atoms with Crippen molar-refractivity contribution in [2.24, 2.45) is 5.16 Å². The van der Waals surface area contributed by atoms with Crippen LogP contribution in [-0.4, -0.2) is 111 Å². The number of carbonyl (C=O) groups is 4. The van der Waals surface area contributed by atoms with Gasteiger partial charge in [0.05, 0.1) is 34.6 Å². The summed E-state index contributed by atoms with van der Waals surface area (Å²) in [5.74, 6) is -4.97. The molecule has 4 aliphatic rings. The van der Waals surface area contributed by atoms with Crippen LogP contribution in [0.2, 0.25) is 5.02 Å². The first kappa shape index (κ1) is 37.5. The van der Waals surface area contributed by atoms with E-state index in [1.807, 2.05) is 4.57 Å². The summed E-state index contributed by atoms with van der Waals surface area (Å²) in [6.45, 7) is 4.27. The van der Waals surface area contributed by atoms with Crippen molar-refractivity contribution in [1.82, 2.24) is 19.8 Å². The number of hydrogen-bond acceptors (Lipinski definition) is 13. The maximum atomic E-state index is 14.0. The number of hydrogen-bond donors (Lipinski definition) is 6. The Morgan fingerprint density at radius 2 is 1.87 bits per heavy atom. The second-order valence-corrected chi connectivity index (χ2v) is 16.8. The van der Waals surface area contributed by atoms with Gasteiger partial charge in [0.1, 0.15) is 35.9 Å². The van der Waals surface area contributed by atoms with E-state index in [4.69, 9.17) is 22.2 Å². The van der Waals surface area contributed by atoms with Gasteiger partial charge in [0.2, 0.25) is 5.60 Å². The fraction of sp³-hybridized carbons (Fsp3) is 0.441. The number of benzene rings is 1. The van der Waals surface area contributed by atoms with Crippen molar-refractivity contribution in [2.75, 3.05) is 31.1 Å². The Morgan fingerprint density at radius 1 is 1.17 bits per heavy atom. The first-order valence-corrected chi connectivity index (χ1v) is 19.4. The van der Waals surface area contributed by atoms with Crippen molar-refractivity contribution >= 4 is 80.2 Å². The highest BCUT2D eigenvalue weighted by atomic mass is 35.5. The number of aromatic nitrogens is 2. The molecule has 5 heterocycles. The monoisotopic (exact) mass is 802 g/mol. The van der Waals surface area contributed by atoms with E-state index in [0.29, 0.717) is 34.2 Å². The molecule has 7 N–H and O–H groups in total. The zero-order valence-electron chi connectivity index (χ0n) is 29.1. The predicted octanol–water partition coefficient (Wildman–Crippen LogP) is 2.57. The number of phenols is 2. The number of aliphatic carboxylic acids is 2. The van der Waals surface area contributed by atoms with Gasteiger partial charge >= 0.3 is 11.9 Å². The number of fused-ring (bicyclic) bond motifs is 2. The quantitative estimate of drug-likeness (QED) is 0.0508. The smallest absolute Gasteiger partial charge is 0.352 e. The molecule has 0 radical (unpaired) electrons. The highest BCUT2D eigenvalue weighted by molar-refractivity contribution is 8.00. The molecule has 7 rings (SSSR count). The molecule has 2 amide bonds. The number of halogens is 1. The van der Waals surface area contributed by atoms with Crippen molar-refractivity contribution in [3.63, 3.8) is 0 Å². The van der Waals surface area contributed by atoms with Gasteiger partial charge in [0.25, 0.3) is 11.8 Å². The molecule has 3 aliphatic heterocycles. The number of carboxylic acids is 2. The van der Waals surface area contributed by atoms with E-state index in [2.05, 4.69) is 15.5 Å². The molecule has 20 heteroatoms. The molecule has 3 aromatic rings. The van der Waals surface area contributed by atoms with E-state index in [0.717, 1.165) is 41.9 Å². The summed E-state index contributed by atoms with van der Waals surface area (Å²) < 4.78 is 2.27. The van der Waals surface area contributed by atoms with Crippen molar-refractivity contribution in [3.8, 4) is 11.5 Å². The minimum atomic E-state index is -1.80. The summed E-state index contributed by atoms with van der Waals surface area (Å²) in [5, 5.41) is 47.6. The number of anilines is 1. The second kappa shape index (κ2) is 13.8. The lowest BCUT2D eigenvalue weighted by Gasteiger charge is -2.50. The SMILES string of the molecule is CC(C)(ON=C(C(=O)N[C@@H]1C(=O)N2C(C(=O)O)=C(C[N+]3(Cc4cn(C5CC5)c5cc(O)c(O)c(Cl)c5c4=O)CCCC3)CS[C@H]12)c1csc(N)n1)C(=O)O. The molecule has 54 heavy (non-hydrogen) atoms. The number of quaternary nitrogens is 1. The number of nitrogens with one attached hydrogen (secondary N) is 1. The van der Waals surface area contributed by atoms with Gasteiger partial charge in [-0.15, -0.1) is 23.1 Å². The fourth-order valence-corrected chi connectivity index (χ4v) is 9.38. The normalized spacial score (nSPS) is 21.2. The van der Waals surface area contributed by atoms with Crippen LogP contribution in [0.5, 0.6) is 11.5 Å². The lowest BCUT2D eigenvalue weighted by Crippen LogP contribution is -2.71. The Balaban J connectivity index is 1.16. The maximum Gasteiger partial charge on any atom is 0.352 e. The first-order chi connectivity index (χ1) is 25.5. The average molecular weight is 803 g/mol. The minimum absolute atomic E-state index is 0.00308. The molecule has 1 saturated carbocycles. The number of phenolic OH excluding ortho intramolecular Hbond substituents is 2. The first-order valence-electron chi connectivity index (χ1n) is 17.1. The van der Waals surface area contributed by atoms with Gasteiger partial charge in [-0.05, 0) is 26.7 Å². The van der Waals surface area contributed by atoms with E-state index in [1.165, 1.54) is 37.1 Å². The lowest BCUT2D eigenvalue weighted by atomic mass is 10.0. The molecule has 2 atom stereocenters. The van der Waals surface area contributed by atoms with Crippen molar-refractivity contribution in [1.29, 1.82) is 0 Å². The molecule has 286 valence electrons. The van der Waals surface area contributed by atoms with E-state index >= 15 is 0 Å². The largest absolute Gasteiger partial charge is 0.504 e. The number of rotatable bonds is 12. The minimum Gasteiger partial charge on any atom is -0.504 e. The van der Waals surface area contributed by atoms with Crippen LogP contribution in [0.25, 0.3) is 10.9 Å². The molecule has 17 nitrogen and oxygen atoms in total. The number of nitrogens with zero attached hydrogens (tertiary/aromatic N) is 5. The maximum absolute atomic E-state index is 14.0. The summed E-state index contributed by atoms with van der Waals surface area (Å²) >= 11 is 8.74. The van der Waals surface area contributed by atoms with Crippen LogP contribution in [0.4, 0.5) is 5.13 Å². The van der Waals surface area contributed by atoms with Gasteiger partial charge in [-0.1, -0.05) is 16.8 Å². The number of thioether (sulfide) groups is 1. The molecule has 2 aromatic heterocycles. The molecule has 0 bridgehead atoms. The van der Waals surface area contributed by atoms with E-state index in [-0.39, 0.29) is 57.2 Å². The molecular weight excluding hydrogens is 766 g/mol. The Morgan fingerprint density at radius 3 is 2.48 bits per heavy atom. The van der Waals surface area contributed by atoms with Crippen molar-refractivity contribution in [2.45, 2.75) is 69.1 Å². The Labute approximate surface area is 320 Å². The zero-order chi connectivity index (χ0) is 38.9. The molecule has 1 aliphatic carbocycles. The highest BCUT2D eigenvalue weighted by Gasteiger charge is 2.55. The number of carbonyl (C=O) groups excluding carboxylic acids is 2. The van der Waals surface area contributed by atoms with E-state index < -0.39 is 58.0 Å². The van der Waals surface area contributed by atoms with Crippen LogP contribution in [-0.2, 0) is 30.6 Å². The number of aromatic hydroxyl groups is 2. The molecule has 2 saturated heterocycles. The molecule has 1 aromatic carbocycles. The summed E-state index contributed by atoms with van der Waals surface area (Å²) in [6, 6.07) is 0.306. The molecule has 3 fully saturated rings. The third-order valence-corrected chi connectivity index (χ3v) is 12.6. The zero-order valence-corrected chi connectivity index (χ0v) is 31.5. The van der Waals surface area contributed by atoms with Crippen LogP contribution in [0.3, 0.4) is 0 Å². The molecule has 0 spiro atoms. The predicted molar refractivity (Wildman–Crippen MR) is 198 cm³/mol. The number of likely N-dealkylation sites (tertiary alicyclic amines) is 1. The van der Waals surface area contributed by atoms with E-state index in [9.17, 15) is 44.4 Å². The molecular formula is C34H37ClN7O10S2+. The Kier molecular flexibility index (Phi) is 9.56. The summed E-state index contributed by atoms with van der Waals surface area (Å²) in [6.07, 6.45) is 5.20. The van der Waals surface area contributed by atoms with Gasteiger partial charge in [0, 0.05) is 47.9 Å². The van der Waals surface area contributed by atoms with Gasteiger partial charge < -0.3 is 45.4 Å². The third-order valence-electron chi connectivity index (χ3n) is 10.2. The number of β-lactam (4-membered cyclic amide) rings is 1. The van der Waals surface area contributed by atoms with Gasteiger partial charge in [-0.2, -0.15) is 0 Å². The number of pyridine rings is 1. The Hall–Kier alpha value is -4.85. The number of nitrogen functional groups attached to an aromatic ring is 1. The van der Waals surface area contributed by atoms with E-state index in [1.54, 1.807) is 6.20 Å². The average Bonchev–Trinajstić information content (AvgIpc) is 3.72. The highest BCUT2D eigenvalue weighted by Crippen LogP contribution is 2.44. The van der Waals surface area contributed by atoms with Crippen LogP contribution in [0.1, 0.15) is 56.8 Å². The number of thiazole rings is 1. The summed E-state index contributed by atoms with van der Waals surface area (Å²) in [7, 11) is 0. The third kappa shape index (κ3) is 6.62. The lowest BCUT2D eigenvalue weighted by molar-refractivity contribution is -0.925. The number of nitrogens with two attached hydrogens (primary N) is 1. The molecule has 0 unspecified atom stereocenters. The number of amides is 2. The summed E-state index contributed by atoms with van der Waals surface area (Å²) in [5.41, 5.74) is 4.35. The standard InChI is InChI=1S/C34H36ClN7O10S2/c1-34(2,32(50)51)52-39-23(18-14-54-33(36)37-18)28(46)38-24-29(47)41-25(31(48)49)16(13-53-30(24)41)12-42(7-3-4-8-42)11-15-10-40(17-5-6-17)19-9-20(43)27(45)22(35)21(19)26(15)44/h9-10,14,17,24,30H,3-8,11-13H2,1-2H3,(H6-,36,37,38,39,43,44,45,46,48,49,50,51)/p+1/t24-,30-/m1/s1. The van der Waals surface area contributed by atoms with Crippen LogP contribution < -0.4 is 16.5 Å². The topological polar surface area (TPSA) is 247 Å². The van der Waals surface area contributed by atoms with Crippen molar-refractivity contribution < 1.29 is 48.9 Å². The summed E-state index contributed by atoms with van der Waals surface area (Å²) in [4.78, 5) is 75.9. The van der Waals surface area contributed by atoms with Gasteiger partial charge in [-0.3, -0.25) is 19.3 Å². The fourth-order valence-electron chi connectivity index (χ4n) is 7.22. The second-order valence-electron chi connectivity index (χ2n) is 14.4. The number of carboxylic acid groups (broad SMARTS) is 2. The van der Waals surface area contributed by atoms with Gasteiger partial charge in [0.15, 0.2) is 27.8 Å².